The zero-order chi connectivity index (χ0) is 19.7. The summed E-state index contributed by atoms with van der Waals surface area (Å²) in [5.41, 5.74) is 1.22. The first-order valence-electron chi connectivity index (χ1n) is 8.47. The van der Waals surface area contributed by atoms with Crippen molar-refractivity contribution in [1.82, 2.24) is 10.3 Å². The lowest BCUT2D eigenvalue weighted by atomic mass is 10.1. The number of amides is 1. The minimum atomic E-state index is -0.507. The van der Waals surface area contributed by atoms with Crippen molar-refractivity contribution in [3.63, 3.8) is 0 Å². The number of piperazine rings is 1. The molecule has 1 fully saturated rings. The number of hydrogen-bond donors (Lipinski definition) is 2. The van der Waals surface area contributed by atoms with Crippen LogP contribution in [0, 0.1) is 5.82 Å². The van der Waals surface area contributed by atoms with Gasteiger partial charge in [-0.3, -0.25) is 10.1 Å². The van der Waals surface area contributed by atoms with Crippen LogP contribution in [0.15, 0.2) is 29.0 Å². The topological polar surface area (TPSA) is 57.3 Å². The number of thiophene rings is 1. The van der Waals surface area contributed by atoms with Crippen LogP contribution in [0.4, 0.5) is 15.2 Å². The number of anilines is 2. The summed E-state index contributed by atoms with van der Waals surface area (Å²) in [6.07, 6.45) is 0. The van der Waals surface area contributed by atoms with Crippen molar-refractivity contribution < 1.29 is 9.18 Å². The van der Waals surface area contributed by atoms with Crippen LogP contribution in [-0.4, -0.2) is 37.1 Å². The third kappa shape index (κ3) is 4.16. The van der Waals surface area contributed by atoms with Gasteiger partial charge in [0, 0.05) is 42.5 Å². The molecule has 3 aromatic rings. The van der Waals surface area contributed by atoms with Crippen molar-refractivity contribution in [1.29, 1.82) is 0 Å². The highest BCUT2D eigenvalue weighted by atomic mass is 35.5. The van der Waals surface area contributed by atoms with E-state index in [2.05, 4.69) is 15.6 Å². The van der Waals surface area contributed by atoms with Crippen molar-refractivity contribution >= 4 is 62.6 Å². The predicted octanol–water partition coefficient (Wildman–Crippen LogP) is 4.98. The standard InChI is InChI=1S/C18H15Cl2FN4OS2/c19-11-7-15(27-8-11)14-9-28-18(23-14)24-17(26)10-5-12(20)16(13(21)6-10)25-3-1-22-2-4-25/h5-9,22H,1-4H2,(H,23,24,26). The van der Waals surface area contributed by atoms with Crippen LogP contribution in [0.25, 0.3) is 10.6 Å². The Hall–Kier alpha value is -1.71. The maximum Gasteiger partial charge on any atom is 0.257 e. The summed E-state index contributed by atoms with van der Waals surface area (Å²) < 4.78 is 14.7. The molecule has 4 rings (SSSR count). The lowest BCUT2D eigenvalue weighted by Crippen LogP contribution is -2.44. The van der Waals surface area contributed by atoms with Gasteiger partial charge in [-0.25, -0.2) is 9.37 Å². The van der Waals surface area contributed by atoms with Crippen LogP contribution in [0.2, 0.25) is 10.0 Å². The number of nitrogens with zero attached hydrogens (tertiary/aromatic N) is 2. The van der Waals surface area contributed by atoms with E-state index in [9.17, 15) is 9.18 Å². The smallest absolute Gasteiger partial charge is 0.257 e. The monoisotopic (exact) mass is 456 g/mol. The van der Waals surface area contributed by atoms with Gasteiger partial charge in [0.25, 0.3) is 5.91 Å². The van der Waals surface area contributed by atoms with Crippen LogP contribution in [-0.2, 0) is 0 Å². The lowest BCUT2D eigenvalue weighted by Gasteiger charge is -2.30. The average Bonchev–Trinajstić information content (AvgIpc) is 3.31. The Morgan fingerprint density at radius 2 is 1.96 bits per heavy atom. The highest BCUT2D eigenvalue weighted by Gasteiger charge is 2.21. The third-order valence-electron chi connectivity index (χ3n) is 4.26. The number of aromatic nitrogens is 1. The number of halogens is 3. The van der Waals surface area contributed by atoms with E-state index in [0.717, 1.165) is 23.7 Å². The van der Waals surface area contributed by atoms with Crippen molar-refractivity contribution in [2.45, 2.75) is 0 Å². The molecule has 0 atom stereocenters. The summed E-state index contributed by atoms with van der Waals surface area (Å²) in [6.45, 7) is 2.85. The second kappa shape index (κ2) is 8.34. The summed E-state index contributed by atoms with van der Waals surface area (Å²) in [7, 11) is 0. The predicted molar refractivity (Wildman–Crippen MR) is 115 cm³/mol. The number of carbonyl (C=O) groups is 1. The fraction of sp³-hybridized carbons (Fsp3) is 0.222. The molecule has 3 heterocycles. The molecule has 0 saturated carbocycles. The summed E-state index contributed by atoms with van der Waals surface area (Å²) in [6, 6.07) is 4.52. The van der Waals surface area contributed by atoms with E-state index in [1.165, 1.54) is 34.8 Å². The maximum atomic E-state index is 14.7. The Morgan fingerprint density at radius 1 is 1.18 bits per heavy atom. The molecule has 0 bridgehead atoms. The highest BCUT2D eigenvalue weighted by Crippen LogP contribution is 2.33. The lowest BCUT2D eigenvalue weighted by molar-refractivity contribution is 0.102. The maximum absolute atomic E-state index is 14.7. The fourth-order valence-electron chi connectivity index (χ4n) is 2.95. The molecule has 0 radical (unpaired) electrons. The number of nitrogens with one attached hydrogen (secondary N) is 2. The zero-order valence-electron chi connectivity index (χ0n) is 14.5. The largest absolute Gasteiger partial charge is 0.365 e. The minimum absolute atomic E-state index is 0.150. The number of rotatable bonds is 4. The van der Waals surface area contributed by atoms with Crippen molar-refractivity contribution in [2.75, 3.05) is 36.4 Å². The second-order valence-electron chi connectivity index (χ2n) is 6.15. The normalized spacial score (nSPS) is 14.3. The van der Waals surface area contributed by atoms with Crippen LogP contribution in [0.3, 0.4) is 0 Å². The highest BCUT2D eigenvalue weighted by molar-refractivity contribution is 7.16. The summed E-state index contributed by atoms with van der Waals surface area (Å²) in [4.78, 5) is 19.7. The summed E-state index contributed by atoms with van der Waals surface area (Å²) in [5, 5.41) is 10.9. The molecule has 1 amide bonds. The van der Waals surface area contributed by atoms with Gasteiger partial charge in [0.15, 0.2) is 5.13 Å². The zero-order valence-corrected chi connectivity index (χ0v) is 17.6. The van der Waals surface area contributed by atoms with E-state index >= 15 is 0 Å². The molecule has 146 valence electrons. The van der Waals surface area contributed by atoms with Crippen LogP contribution < -0.4 is 15.5 Å². The number of hydrogen-bond acceptors (Lipinski definition) is 6. The van der Waals surface area contributed by atoms with E-state index in [1.807, 2.05) is 21.7 Å². The van der Waals surface area contributed by atoms with Gasteiger partial charge in [-0.15, -0.1) is 22.7 Å². The van der Waals surface area contributed by atoms with E-state index in [0.29, 0.717) is 28.9 Å². The van der Waals surface area contributed by atoms with Gasteiger partial charge in [0.1, 0.15) is 5.82 Å². The molecule has 28 heavy (non-hydrogen) atoms. The Bertz CT molecular complexity index is 994. The quantitative estimate of drug-likeness (QED) is 0.581. The number of thiazole rings is 1. The minimum Gasteiger partial charge on any atom is -0.365 e. The van der Waals surface area contributed by atoms with Gasteiger partial charge in [0.2, 0.25) is 0 Å². The van der Waals surface area contributed by atoms with Crippen molar-refractivity contribution in [3.8, 4) is 10.6 Å². The molecule has 0 unspecified atom stereocenters. The Morgan fingerprint density at radius 3 is 2.64 bits per heavy atom. The molecule has 1 saturated heterocycles. The molecule has 0 aliphatic carbocycles. The average molecular weight is 457 g/mol. The molecule has 1 aromatic carbocycles. The van der Waals surface area contributed by atoms with Crippen LogP contribution >= 0.6 is 45.9 Å². The Balaban J connectivity index is 1.51. The molecule has 10 heteroatoms. The summed E-state index contributed by atoms with van der Waals surface area (Å²) in [5.74, 6) is -0.967. The molecular formula is C18H15Cl2FN4OS2. The third-order valence-corrected chi connectivity index (χ3v) is 6.60. The van der Waals surface area contributed by atoms with Gasteiger partial charge < -0.3 is 10.2 Å². The van der Waals surface area contributed by atoms with Crippen LogP contribution in [0.5, 0.6) is 0 Å². The first kappa shape index (κ1) is 19.6. The van der Waals surface area contributed by atoms with E-state index in [-0.39, 0.29) is 10.6 Å². The van der Waals surface area contributed by atoms with Gasteiger partial charge in [-0.1, -0.05) is 23.2 Å². The Kier molecular flexibility index (Phi) is 5.84. The number of benzene rings is 1. The van der Waals surface area contributed by atoms with Crippen molar-refractivity contribution in [3.05, 3.63) is 50.4 Å². The molecule has 5 nitrogen and oxygen atoms in total. The van der Waals surface area contributed by atoms with Crippen LogP contribution in [0.1, 0.15) is 10.4 Å². The molecule has 0 spiro atoms. The molecule has 1 aliphatic rings. The second-order valence-corrected chi connectivity index (χ2v) is 8.76. The number of carbonyl (C=O) groups excluding carboxylic acids is 1. The summed E-state index contributed by atoms with van der Waals surface area (Å²) >= 11 is 15.0. The van der Waals surface area contributed by atoms with Gasteiger partial charge in [-0.05, 0) is 18.2 Å². The fourth-order valence-corrected chi connectivity index (χ4v) is 5.09. The molecule has 1 aliphatic heterocycles. The molecule has 2 N–H and O–H groups in total. The van der Waals surface area contributed by atoms with E-state index in [1.54, 1.807) is 0 Å². The van der Waals surface area contributed by atoms with E-state index < -0.39 is 11.7 Å². The first-order valence-corrected chi connectivity index (χ1v) is 11.0. The Labute approximate surface area is 179 Å². The van der Waals surface area contributed by atoms with Gasteiger partial charge in [-0.2, -0.15) is 0 Å². The molecular weight excluding hydrogens is 442 g/mol. The van der Waals surface area contributed by atoms with Crippen molar-refractivity contribution in [2.24, 2.45) is 0 Å². The van der Waals surface area contributed by atoms with Gasteiger partial charge in [0.05, 0.1) is 26.3 Å². The van der Waals surface area contributed by atoms with Gasteiger partial charge >= 0.3 is 0 Å². The first-order chi connectivity index (χ1) is 13.5. The molecule has 2 aromatic heterocycles. The SMILES string of the molecule is O=C(Nc1nc(-c2cc(Cl)cs2)cs1)c1cc(F)c(N2CCNCC2)c(Cl)c1. The van der Waals surface area contributed by atoms with E-state index in [4.69, 9.17) is 23.2 Å².